The molecule has 0 bridgehead atoms. The highest BCUT2D eigenvalue weighted by Gasteiger charge is 2.69. The van der Waals surface area contributed by atoms with Crippen molar-refractivity contribution in [3.63, 3.8) is 0 Å². The Morgan fingerprint density at radius 1 is 1.27 bits per heavy atom. The van der Waals surface area contributed by atoms with Gasteiger partial charge in [-0.05, 0) is 11.8 Å². The summed E-state index contributed by atoms with van der Waals surface area (Å²) < 4.78 is 18.4. The standard InChI is InChI=1S/C16H26N5O4P/c1-9(2)11-12(10(3)4)16(11,24-25-26(5,22)23)6-21-8-20-13-14(17)18-7-19-15(13)21/h7-12H,6H2,1-5H3,(H,22,23)(H2,17,18,19). The first kappa shape index (κ1) is 19.2. The molecule has 9 nitrogen and oxygen atoms in total. The van der Waals surface area contributed by atoms with Gasteiger partial charge in [-0.25, -0.2) is 19.8 Å². The van der Waals surface area contributed by atoms with E-state index >= 15 is 0 Å². The molecule has 3 rings (SSSR count). The molecule has 0 amide bonds. The smallest absolute Gasteiger partial charge is 0.352 e. The molecule has 1 saturated carbocycles. The summed E-state index contributed by atoms with van der Waals surface area (Å²) in [5, 5.41) is 0. The molecule has 1 aliphatic rings. The largest absolute Gasteiger partial charge is 0.382 e. The second-order valence-corrected chi connectivity index (χ2v) is 9.51. The predicted molar refractivity (Wildman–Crippen MR) is 97.0 cm³/mol. The van der Waals surface area contributed by atoms with Crippen molar-refractivity contribution in [2.24, 2.45) is 23.7 Å². The highest BCUT2D eigenvalue weighted by Crippen LogP contribution is 2.63. The normalized spacial score (nSPS) is 28.0. The topological polar surface area (TPSA) is 125 Å². The number of nitrogens with two attached hydrogens (primary N) is 1. The Bertz CT molecular complexity index is 832. The molecule has 0 radical (unpaired) electrons. The number of hydrogen-bond acceptors (Lipinski definition) is 7. The summed E-state index contributed by atoms with van der Waals surface area (Å²) in [4.78, 5) is 27.7. The molecule has 3 unspecified atom stereocenters. The van der Waals surface area contributed by atoms with Crippen molar-refractivity contribution in [2.75, 3.05) is 12.4 Å². The van der Waals surface area contributed by atoms with Crippen LogP contribution in [0, 0.1) is 23.7 Å². The number of hydrogen-bond donors (Lipinski definition) is 2. The van der Waals surface area contributed by atoms with Crippen molar-refractivity contribution >= 4 is 24.6 Å². The van der Waals surface area contributed by atoms with Crippen LogP contribution in [-0.2, 0) is 20.7 Å². The van der Waals surface area contributed by atoms with Crippen LogP contribution in [0.2, 0.25) is 0 Å². The fraction of sp³-hybridized carbons (Fsp3) is 0.688. The number of fused-ring (bicyclic) bond motifs is 1. The zero-order chi connectivity index (χ0) is 19.3. The maximum absolute atomic E-state index is 11.7. The van der Waals surface area contributed by atoms with E-state index in [9.17, 15) is 9.46 Å². The van der Waals surface area contributed by atoms with Crippen molar-refractivity contribution in [2.45, 2.75) is 39.8 Å². The van der Waals surface area contributed by atoms with E-state index in [1.54, 1.807) is 6.33 Å². The summed E-state index contributed by atoms with van der Waals surface area (Å²) in [6.45, 7) is 9.96. The first-order chi connectivity index (χ1) is 12.1. The molecule has 2 aromatic heterocycles. The molecule has 0 saturated heterocycles. The Kier molecular flexibility index (Phi) is 4.85. The second kappa shape index (κ2) is 6.56. The Morgan fingerprint density at radius 3 is 2.42 bits per heavy atom. The van der Waals surface area contributed by atoms with Crippen LogP contribution in [0.15, 0.2) is 12.7 Å². The van der Waals surface area contributed by atoms with Gasteiger partial charge in [0.15, 0.2) is 11.5 Å². The van der Waals surface area contributed by atoms with Gasteiger partial charge in [-0.2, -0.15) is 0 Å². The van der Waals surface area contributed by atoms with Gasteiger partial charge in [0.1, 0.15) is 17.4 Å². The fourth-order valence-corrected chi connectivity index (χ4v) is 4.48. The Balaban J connectivity index is 1.98. The highest BCUT2D eigenvalue weighted by atomic mass is 31.2. The summed E-state index contributed by atoms with van der Waals surface area (Å²) >= 11 is 0. The minimum atomic E-state index is -3.77. The summed E-state index contributed by atoms with van der Waals surface area (Å²) in [5.41, 5.74) is 6.25. The third kappa shape index (κ3) is 3.36. The van der Waals surface area contributed by atoms with E-state index in [0.29, 0.717) is 35.4 Å². The molecule has 0 aromatic carbocycles. The summed E-state index contributed by atoms with van der Waals surface area (Å²) in [7, 11) is -3.77. The lowest BCUT2D eigenvalue weighted by atomic mass is 10.0. The zero-order valence-corrected chi connectivity index (χ0v) is 16.6. The lowest BCUT2D eigenvalue weighted by molar-refractivity contribution is -0.276. The molecule has 3 atom stereocenters. The van der Waals surface area contributed by atoms with Gasteiger partial charge in [-0.1, -0.05) is 27.7 Å². The van der Waals surface area contributed by atoms with E-state index in [1.807, 2.05) is 4.57 Å². The van der Waals surface area contributed by atoms with E-state index in [4.69, 9.17) is 15.3 Å². The van der Waals surface area contributed by atoms with E-state index in [1.165, 1.54) is 6.33 Å². The predicted octanol–water partition coefficient (Wildman–Crippen LogP) is 2.47. The van der Waals surface area contributed by atoms with Gasteiger partial charge in [0, 0.05) is 18.5 Å². The van der Waals surface area contributed by atoms with Crippen LogP contribution in [0.4, 0.5) is 5.82 Å². The number of imidazole rings is 1. The minimum absolute atomic E-state index is 0.172. The Hall–Kier alpha value is -1.54. The summed E-state index contributed by atoms with van der Waals surface area (Å²) in [5.74, 6) is 1.28. The first-order valence-corrected chi connectivity index (χ1v) is 10.7. The molecule has 0 spiro atoms. The SMILES string of the molecule is CC(C)C1C(C(C)C)C1(Cn1cnc2c(N)ncnc21)OOP(C)(=O)O. The molecule has 2 aromatic rings. The average molecular weight is 383 g/mol. The maximum atomic E-state index is 11.7. The molecule has 10 heteroatoms. The van der Waals surface area contributed by atoms with Crippen molar-refractivity contribution in [1.29, 1.82) is 0 Å². The van der Waals surface area contributed by atoms with E-state index in [2.05, 4.69) is 42.6 Å². The summed E-state index contributed by atoms with van der Waals surface area (Å²) in [6.07, 6.45) is 3.03. The van der Waals surface area contributed by atoms with E-state index in [-0.39, 0.29) is 11.8 Å². The van der Waals surface area contributed by atoms with Gasteiger partial charge < -0.3 is 15.2 Å². The van der Waals surface area contributed by atoms with Gasteiger partial charge in [-0.15, -0.1) is 4.67 Å². The fourth-order valence-electron chi connectivity index (χ4n) is 4.20. The highest BCUT2D eigenvalue weighted by molar-refractivity contribution is 7.51. The molecule has 1 fully saturated rings. The number of anilines is 1. The van der Waals surface area contributed by atoms with Crippen molar-refractivity contribution in [3.05, 3.63) is 12.7 Å². The molecule has 1 aliphatic carbocycles. The number of aromatic nitrogens is 4. The second-order valence-electron chi connectivity index (χ2n) is 7.76. The number of nitrogen functional groups attached to an aromatic ring is 1. The monoisotopic (exact) mass is 383 g/mol. The van der Waals surface area contributed by atoms with Gasteiger partial charge in [0.2, 0.25) is 0 Å². The van der Waals surface area contributed by atoms with Crippen molar-refractivity contribution in [1.82, 2.24) is 19.5 Å². The van der Waals surface area contributed by atoms with Crippen LogP contribution in [0.1, 0.15) is 27.7 Å². The third-order valence-corrected chi connectivity index (χ3v) is 5.37. The van der Waals surface area contributed by atoms with Crippen LogP contribution in [0.3, 0.4) is 0 Å². The van der Waals surface area contributed by atoms with Crippen molar-refractivity contribution < 1.29 is 19.0 Å². The van der Waals surface area contributed by atoms with Crippen LogP contribution in [0.25, 0.3) is 11.2 Å². The Morgan fingerprint density at radius 2 is 1.88 bits per heavy atom. The zero-order valence-electron chi connectivity index (χ0n) is 15.7. The maximum Gasteiger partial charge on any atom is 0.352 e. The molecular weight excluding hydrogens is 357 g/mol. The van der Waals surface area contributed by atoms with Gasteiger partial charge in [-0.3, -0.25) is 4.57 Å². The first-order valence-electron chi connectivity index (χ1n) is 8.66. The lowest BCUT2D eigenvalue weighted by Crippen LogP contribution is -2.28. The van der Waals surface area contributed by atoms with Gasteiger partial charge >= 0.3 is 7.60 Å². The van der Waals surface area contributed by atoms with Gasteiger partial charge in [0.25, 0.3) is 0 Å². The lowest BCUT2D eigenvalue weighted by Gasteiger charge is -2.21. The molecule has 0 aliphatic heterocycles. The number of rotatable bonds is 7. The quantitative estimate of drug-likeness (QED) is 0.424. The molecular formula is C16H26N5O4P. The average Bonchev–Trinajstić information content (AvgIpc) is 3.02. The van der Waals surface area contributed by atoms with Crippen LogP contribution in [0.5, 0.6) is 0 Å². The molecule has 3 N–H and O–H groups in total. The van der Waals surface area contributed by atoms with E-state index < -0.39 is 13.2 Å². The minimum Gasteiger partial charge on any atom is -0.382 e. The van der Waals surface area contributed by atoms with Crippen LogP contribution >= 0.6 is 7.60 Å². The van der Waals surface area contributed by atoms with Gasteiger partial charge in [0.05, 0.1) is 12.9 Å². The van der Waals surface area contributed by atoms with E-state index in [0.717, 1.165) is 6.66 Å². The van der Waals surface area contributed by atoms with Crippen LogP contribution < -0.4 is 5.73 Å². The molecule has 144 valence electrons. The number of nitrogens with zero attached hydrogens (tertiary/aromatic N) is 4. The summed E-state index contributed by atoms with van der Waals surface area (Å²) in [6, 6.07) is 0. The third-order valence-electron chi connectivity index (χ3n) is 5.02. The molecule has 2 heterocycles. The Labute approximate surface area is 152 Å². The van der Waals surface area contributed by atoms with Crippen molar-refractivity contribution in [3.8, 4) is 0 Å². The van der Waals surface area contributed by atoms with Crippen LogP contribution in [-0.4, -0.2) is 36.7 Å². The molecule has 26 heavy (non-hydrogen) atoms.